The number of aryl methyl sites for hydroxylation is 1. The molecule has 1 aliphatic heterocycles. The Morgan fingerprint density at radius 2 is 1.97 bits per heavy atom. The van der Waals surface area contributed by atoms with Crippen LogP contribution in [0.25, 0.3) is 10.9 Å². The van der Waals surface area contributed by atoms with Crippen LogP contribution in [0.1, 0.15) is 57.2 Å². The number of fused-ring (bicyclic) bond motifs is 1. The third kappa shape index (κ3) is 3.80. The minimum atomic E-state index is -0.687. The zero-order valence-electron chi connectivity index (χ0n) is 18.4. The molecule has 1 atom stereocenters. The number of carbonyl (C=O) groups excluding carboxylic acids is 2. The molecule has 1 aliphatic carbocycles. The zero-order valence-corrected chi connectivity index (χ0v) is 19.9. The Hall–Kier alpha value is -2.54. The van der Waals surface area contributed by atoms with Gasteiger partial charge in [-0.2, -0.15) is 0 Å². The van der Waals surface area contributed by atoms with Crippen molar-refractivity contribution in [3.05, 3.63) is 68.8 Å². The van der Waals surface area contributed by atoms with Crippen LogP contribution >= 0.6 is 23.2 Å². The number of halogens is 2. The highest BCUT2D eigenvalue weighted by molar-refractivity contribution is 6.45. The van der Waals surface area contributed by atoms with Crippen LogP contribution in [0.3, 0.4) is 0 Å². The van der Waals surface area contributed by atoms with Gasteiger partial charge in [0.05, 0.1) is 34.9 Å². The van der Waals surface area contributed by atoms with Crippen LogP contribution in [0.5, 0.6) is 0 Å². The molecule has 8 heteroatoms. The van der Waals surface area contributed by atoms with Crippen molar-refractivity contribution in [2.45, 2.75) is 30.7 Å². The van der Waals surface area contributed by atoms with Crippen molar-refractivity contribution in [1.82, 2.24) is 9.88 Å². The number of nitrogens with one attached hydrogen (secondary N) is 1. The standard InChI is InChI=1S/C25H24Cl2N2O4/c1-29-20-8-7-19(26)22(27)18(20)12-21(29)23(30)28-25(9-10-33-13-25)15-5-6-16(24(31)32-2)17(11-15)14-3-4-14/h5-8,11-12,14H,3-4,9-10,13H2,1-2H3,(H,28,30). The van der Waals surface area contributed by atoms with E-state index in [1.54, 1.807) is 18.2 Å². The Labute approximate surface area is 201 Å². The van der Waals surface area contributed by atoms with E-state index in [0.717, 1.165) is 34.9 Å². The number of amides is 1. The summed E-state index contributed by atoms with van der Waals surface area (Å²) in [6, 6.07) is 11.1. The summed E-state index contributed by atoms with van der Waals surface area (Å²) >= 11 is 12.5. The summed E-state index contributed by atoms with van der Waals surface area (Å²) in [6.45, 7) is 0.894. The summed E-state index contributed by atoms with van der Waals surface area (Å²) in [5.41, 5.74) is 3.12. The van der Waals surface area contributed by atoms with Crippen molar-refractivity contribution in [3.8, 4) is 0 Å². The Bertz CT molecular complexity index is 1270. The molecule has 1 saturated heterocycles. The number of carbonyl (C=O) groups is 2. The highest BCUT2D eigenvalue weighted by Gasteiger charge is 2.40. The van der Waals surface area contributed by atoms with Gasteiger partial charge in [0.1, 0.15) is 5.69 Å². The first kappa shape index (κ1) is 22.3. The topological polar surface area (TPSA) is 69.6 Å². The number of rotatable bonds is 5. The average molecular weight is 487 g/mol. The number of nitrogens with zero attached hydrogens (tertiary/aromatic N) is 1. The lowest BCUT2D eigenvalue weighted by Gasteiger charge is -2.30. The number of esters is 1. The molecule has 3 aromatic rings. The van der Waals surface area contributed by atoms with Crippen LogP contribution in [-0.4, -0.2) is 36.8 Å². The van der Waals surface area contributed by atoms with E-state index in [4.69, 9.17) is 32.7 Å². The molecule has 0 radical (unpaired) electrons. The second-order valence-electron chi connectivity index (χ2n) is 8.79. The van der Waals surface area contributed by atoms with Crippen LogP contribution in [0.15, 0.2) is 36.4 Å². The fraction of sp³-hybridized carbons (Fsp3) is 0.360. The third-order valence-electron chi connectivity index (χ3n) is 6.75. The predicted molar refractivity (Wildman–Crippen MR) is 127 cm³/mol. The van der Waals surface area contributed by atoms with Gasteiger partial charge in [-0.05, 0) is 54.2 Å². The van der Waals surface area contributed by atoms with Crippen LogP contribution in [0, 0.1) is 0 Å². The van der Waals surface area contributed by atoms with Gasteiger partial charge in [-0.25, -0.2) is 4.79 Å². The fourth-order valence-corrected chi connectivity index (χ4v) is 5.08. The molecule has 0 bridgehead atoms. The molecule has 5 rings (SSSR count). The molecule has 1 aromatic heterocycles. The maximum Gasteiger partial charge on any atom is 0.338 e. The van der Waals surface area contributed by atoms with Crippen molar-refractivity contribution in [2.24, 2.45) is 7.05 Å². The van der Waals surface area contributed by atoms with Crippen molar-refractivity contribution in [2.75, 3.05) is 20.3 Å². The van der Waals surface area contributed by atoms with E-state index in [9.17, 15) is 9.59 Å². The molecule has 172 valence electrons. The van der Waals surface area contributed by atoms with Gasteiger partial charge in [0.25, 0.3) is 5.91 Å². The molecule has 33 heavy (non-hydrogen) atoms. The van der Waals surface area contributed by atoms with Gasteiger partial charge in [0.15, 0.2) is 0 Å². The summed E-state index contributed by atoms with van der Waals surface area (Å²) < 4.78 is 12.5. The molecule has 2 aliphatic rings. The number of methoxy groups -OCH3 is 1. The lowest BCUT2D eigenvalue weighted by molar-refractivity contribution is 0.0599. The zero-order chi connectivity index (χ0) is 23.3. The van der Waals surface area contributed by atoms with Gasteiger partial charge in [0.2, 0.25) is 0 Å². The van der Waals surface area contributed by atoms with Crippen LogP contribution in [0.2, 0.25) is 10.0 Å². The molecular weight excluding hydrogens is 463 g/mol. The Kier molecular flexibility index (Phi) is 5.63. The van der Waals surface area contributed by atoms with Gasteiger partial charge in [0, 0.05) is 31.0 Å². The highest BCUT2D eigenvalue weighted by atomic mass is 35.5. The van der Waals surface area contributed by atoms with E-state index in [1.165, 1.54) is 7.11 Å². The molecular formula is C25H24Cl2N2O4. The van der Waals surface area contributed by atoms with Crippen molar-refractivity contribution in [3.63, 3.8) is 0 Å². The van der Waals surface area contributed by atoms with Gasteiger partial charge in [-0.3, -0.25) is 4.79 Å². The summed E-state index contributed by atoms with van der Waals surface area (Å²) in [6.07, 6.45) is 2.72. The molecule has 2 heterocycles. The molecule has 1 N–H and O–H groups in total. The Morgan fingerprint density at radius 3 is 2.64 bits per heavy atom. The van der Waals surface area contributed by atoms with Crippen molar-refractivity contribution >= 4 is 46.0 Å². The number of aromatic nitrogens is 1. The molecule has 1 unspecified atom stereocenters. The van der Waals surface area contributed by atoms with Gasteiger partial charge < -0.3 is 19.4 Å². The molecule has 2 aromatic carbocycles. The van der Waals surface area contributed by atoms with E-state index in [2.05, 4.69) is 5.32 Å². The largest absolute Gasteiger partial charge is 0.465 e. The smallest absolute Gasteiger partial charge is 0.338 e. The van der Waals surface area contributed by atoms with E-state index in [-0.39, 0.29) is 11.9 Å². The minimum Gasteiger partial charge on any atom is -0.465 e. The first-order valence-electron chi connectivity index (χ1n) is 10.9. The minimum absolute atomic E-state index is 0.226. The average Bonchev–Trinajstić information content (AvgIpc) is 3.47. The molecule has 2 fully saturated rings. The van der Waals surface area contributed by atoms with Gasteiger partial charge >= 0.3 is 5.97 Å². The Morgan fingerprint density at radius 1 is 1.18 bits per heavy atom. The summed E-state index contributed by atoms with van der Waals surface area (Å²) in [5.74, 6) is -0.217. The van der Waals surface area contributed by atoms with Crippen LogP contribution in [-0.2, 0) is 22.1 Å². The number of ether oxygens (including phenoxy) is 2. The normalized spacial score (nSPS) is 20.2. The summed E-state index contributed by atoms with van der Waals surface area (Å²) in [5, 5.41) is 4.83. The molecule has 0 spiro atoms. The van der Waals surface area contributed by atoms with E-state index < -0.39 is 5.54 Å². The summed E-state index contributed by atoms with van der Waals surface area (Å²) in [7, 11) is 3.22. The third-order valence-corrected chi connectivity index (χ3v) is 7.57. The lowest BCUT2D eigenvalue weighted by atomic mass is 9.85. The fourth-order valence-electron chi connectivity index (χ4n) is 4.70. The van der Waals surface area contributed by atoms with Crippen molar-refractivity contribution in [1.29, 1.82) is 0 Å². The number of hydrogen-bond acceptors (Lipinski definition) is 4. The SMILES string of the molecule is COC(=O)c1ccc(C2(NC(=O)c3cc4c(Cl)c(Cl)ccc4n3C)CCOC2)cc1C1CC1. The van der Waals surface area contributed by atoms with E-state index in [1.807, 2.05) is 29.8 Å². The summed E-state index contributed by atoms with van der Waals surface area (Å²) in [4.78, 5) is 25.8. The number of hydrogen-bond donors (Lipinski definition) is 1. The second kappa shape index (κ2) is 8.35. The maximum absolute atomic E-state index is 13.5. The van der Waals surface area contributed by atoms with Crippen LogP contribution < -0.4 is 5.32 Å². The van der Waals surface area contributed by atoms with Crippen LogP contribution in [0.4, 0.5) is 0 Å². The monoisotopic (exact) mass is 486 g/mol. The highest BCUT2D eigenvalue weighted by Crippen LogP contribution is 2.44. The van der Waals surface area contributed by atoms with E-state index in [0.29, 0.717) is 46.9 Å². The van der Waals surface area contributed by atoms with Gasteiger partial charge in [-0.1, -0.05) is 35.3 Å². The first-order chi connectivity index (χ1) is 15.8. The molecule has 1 saturated carbocycles. The number of benzene rings is 2. The first-order valence-corrected chi connectivity index (χ1v) is 11.7. The van der Waals surface area contributed by atoms with Gasteiger partial charge in [-0.15, -0.1) is 0 Å². The maximum atomic E-state index is 13.5. The lowest BCUT2D eigenvalue weighted by Crippen LogP contribution is -2.47. The second-order valence-corrected chi connectivity index (χ2v) is 9.57. The molecule has 6 nitrogen and oxygen atoms in total. The molecule has 1 amide bonds. The predicted octanol–water partition coefficient (Wildman–Crippen LogP) is 5.19. The Balaban J connectivity index is 1.52. The van der Waals surface area contributed by atoms with Crippen molar-refractivity contribution < 1.29 is 19.1 Å². The quantitative estimate of drug-likeness (QED) is 0.503. The van der Waals surface area contributed by atoms with E-state index >= 15 is 0 Å².